The molecule has 0 radical (unpaired) electrons. The number of carbonyl (C=O) groups is 2. The molecular formula is C35H38N2O9. The summed E-state index contributed by atoms with van der Waals surface area (Å²) in [5.41, 5.74) is 2.11. The number of hydrogen-bond acceptors (Lipinski definition) is 9. The predicted molar refractivity (Wildman–Crippen MR) is 170 cm³/mol. The van der Waals surface area contributed by atoms with Gasteiger partial charge >= 0.3 is 5.97 Å². The predicted octanol–water partition coefficient (Wildman–Crippen LogP) is 5.02. The highest BCUT2D eigenvalue weighted by Crippen LogP contribution is 2.39. The molecule has 1 aliphatic heterocycles. The average molecular weight is 631 g/mol. The summed E-state index contributed by atoms with van der Waals surface area (Å²) in [5, 5.41) is 23.9. The number of rotatable bonds is 12. The molecule has 0 amide bonds. The molecule has 1 aliphatic carbocycles. The molecule has 1 saturated carbocycles. The van der Waals surface area contributed by atoms with E-state index in [-0.39, 0.29) is 35.0 Å². The molecular weight excluding hydrogens is 592 g/mol. The number of aromatic nitrogens is 1. The number of carboxylic acid groups (broad SMARTS) is 1. The molecule has 11 heteroatoms. The number of ether oxygens (including phenoxy) is 3. The van der Waals surface area contributed by atoms with Crippen molar-refractivity contribution in [2.24, 2.45) is 5.92 Å². The molecule has 11 nitrogen and oxygen atoms in total. The van der Waals surface area contributed by atoms with Crippen molar-refractivity contribution in [1.82, 2.24) is 10.1 Å². The lowest BCUT2D eigenvalue weighted by Gasteiger charge is -2.28. The van der Waals surface area contributed by atoms with Crippen molar-refractivity contribution in [2.45, 2.75) is 44.6 Å². The molecule has 0 spiro atoms. The monoisotopic (exact) mass is 630 g/mol. The largest absolute Gasteiger partial charge is 0.507 e. The van der Waals surface area contributed by atoms with Gasteiger partial charge in [-0.1, -0.05) is 6.07 Å². The van der Waals surface area contributed by atoms with Crippen molar-refractivity contribution in [3.63, 3.8) is 0 Å². The third-order valence-corrected chi connectivity index (χ3v) is 8.97. The van der Waals surface area contributed by atoms with Crippen LogP contribution >= 0.6 is 0 Å². The van der Waals surface area contributed by atoms with Crippen molar-refractivity contribution in [3.05, 3.63) is 75.6 Å². The van der Waals surface area contributed by atoms with Gasteiger partial charge in [0.1, 0.15) is 17.2 Å². The second-order valence-electron chi connectivity index (χ2n) is 12.0. The molecule has 4 aromatic rings. The summed E-state index contributed by atoms with van der Waals surface area (Å²) in [5.74, 6) is -1.50. The van der Waals surface area contributed by atoms with Crippen LogP contribution in [0.2, 0.25) is 0 Å². The number of benzene rings is 3. The van der Waals surface area contributed by atoms with Crippen LogP contribution in [0.4, 0.5) is 0 Å². The minimum Gasteiger partial charge on any atom is -0.507 e. The maximum Gasteiger partial charge on any atom is 0.306 e. The smallest absolute Gasteiger partial charge is 0.306 e. The molecule has 2 heterocycles. The number of phenols is 1. The molecule has 3 aromatic carbocycles. The highest BCUT2D eigenvalue weighted by Gasteiger charge is 2.26. The Balaban J connectivity index is 1.37. The number of hydrogen-bond donors (Lipinski definition) is 3. The van der Waals surface area contributed by atoms with Crippen LogP contribution in [0.3, 0.4) is 0 Å². The maximum absolute atomic E-state index is 13.9. The zero-order valence-corrected chi connectivity index (χ0v) is 25.8. The molecule has 1 aromatic heterocycles. The molecule has 0 bridgehead atoms. The van der Waals surface area contributed by atoms with E-state index in [0.29, 0.717) is 65.3 Å². The number of nitrogens with zero attached hydrogens (tertiary/aromatic N) is 1. The number of phenolic OH excluding ortho intramolecular Hbond substituents is 1. The lowest BCUT2D eigenvalue weighted by Crippen LogP contribution is -2.38. The Morgan fingerprint density at radius 3 is 2.57 bits per heavy atom. The normalized spacial score (nSPS) is 16.5. The molecule has 6 rings (SSSR count). The van der Waals surface area contributed by atoms with Gasteiger partial charge in [-0.3, -0.25) is 19.3 Å². The Bertz CT molecular complexity index is 1780. The van der Waals surface area contributed by atoms with Crippen LogP contribution in [0, 0.1) is 5.92 Å². The second-order valence-corrected chi connectivity index (χ2v) is 12.0. The van der Waals surface area contributed by atoms with Gasteiger partial charge in [0, 0.05) is 30.3 Å². The fourth-order valence-electron chi connectivity index (χ4n) is 6.43. The Kier molecular flexibility index (Phi) is 9.41. The molecule has 1 atom stereocenters. The SMILES string of the molecule is COc1cc(C(=O)c2ccc(OC3CCCC3)cc2O)cc(CC(CCN2CCOCC2)C(=O)O)c1-c1ccc2c(=O)[nH]oc2c1. The first-order chi connectivity index (χ1) is 22.3. The van der Waals surface area contributed by atoms with E-state index in [0.717, 1.165) is 38.8 Å². The zero-order valence-electron chi connectivity index (χ0n) is 25.8. The first-order valence-corrected chi connectivity index (χ1v) is 15.7. The summed E-state index contributed by atoms with van der Waals surface area (Å²) in [4.78, 5) is 40.7. The van der Waals surface area contributed by atoms with Crippen molar-refractivity contribution < 1.29 is 38.5 Å². The van der Waals surface area contributed by atoms with Crippen LogP contribution in [-0.4, -0.2) is 78.1 Å². The number of carboxylic acids is 1. The topological polar surface area (TPSA) is 152 Å². The van der Waals surface area contributed by atoms with E-state index in [9.17, 15) is 24.6 Å². The number of aromatic hydroxyl groups is 1. The van der Waals surface area contributed by atoms with E-state index in [4.69, 9.17) is 18.7 Å². The minimum absolute atomic E-state index is 0.0946. The first kappa shape index (κ1) is 31.4. The lowest BCUT2D eigenvalue weighted by atomic mass is 9.87. The summed E-state index contributed by atoms with van der Waals surface area (Å²) >= 11 is 0. The number of methoxy groups -OCH3 is 1. The van der Waals surface area contributed by atoms with Crippen molar-refractivity contribution in [1.29, 1.82) is 0 Å². The highest BCUT2D eigenvalue weighted by atomic mass is 16.5. The quantitative estimate of drug-likeness (QED) is 0.182. The summed E-state index contributed by atoms with van der Waals surface area (Å²) < 4.78 is 22.6. The fourth-order valence-corrected chi connectivity index (χ4v) is 6.43. The Morgan fingerprint density at radius 2 is 1.85 bits per heavy atom. The van der Waals surface area contributed by atoms with Crippen LogP contribution in [-0.2, 0) is 16.0 Å². The van der Waals surface area contributed by atoms with Crippen LogP contribution in [0.15, 0.2) is 57.8 Å². The van der Waals surface area contributed by atoms with Crippen LogP contribution in [0.25, 0.3) is 22.1 Å². The van der Waals surface area contributed by atoms with Gasteiger partial charge in [0.25, 0.3) is 5.56 Å². The van der Waals surface area contributed by atoms with Gasteiger partial charge < -0.3 is 28.9 Å². The third kappa shape index (κ3) is 6.80. The lowest BCUT2D eigenvalue weighted by molar-refractivity contribution is -0.142. The van der Waals surface area contributed by atoms with Gasteiger partial charge in [-0.25, -0.2) is 0 Å². The van der Waals surface area contributed by atoms with E-state index >= 15 is 0 Å². The third-order valence-electron chi connectivity index (χ3n) is 8.97. The summed E-state index contributed by atoms with van der Waals surface area (Å²) in [6, 6.07) is 13.0. The van der Waals surface area contributed by atoms with Gasteiger partial charge in [0.05, 0.1) is 43.3 Å². The number of nitrogens with one attached hydrogen (secondary N) is 1. The molecule has 242 valence electrons. The van der Waals surface area contributed by atoms with E-state index in [1.54, 1.807) is 42.5 Å². The maximum atomic E-state index is 13.9. The Hall–Kier alpha value is -4.61. The average Bonchev–Trinajstić information content (AvgIpc) is 3.71. The van der Waals surface area contributed by atoms with E-state index < -0.39 is 17.7 Å². The zero-order chi connectivity index (χ0) is 32.2. The molecule has 2 fully saturated rings. The van der Waals surface area contributed by atoms with Crippen molar-refractivity contribution in [3.8, 4) is 28.4 Å². The number of fused-ring (bicyclic) bond motifs is 1. The van der Waals surface area contributed by atoms with E-state index in [2.05, 4.69) is 10.1 Å². The number of H-pyrrole nitrogens is 1. The van der Waals surface area contributed by atoms with Crippen LogP contribution < -0.4 is 15.0 Å². The molecule has 1 unspecified atom stereocenters. The van der Waals surface area contributed by atoms with Crippen molar-refractivity contribution >= 4 is 22.7 Å². The molecule has 3 N–H and O–H groups in total. The standard InChI is InChI=1S/C35H38N2O9/c1-43-31-19-24(33(39)27-9-7-26(20-29(27)38)45-25-4-2-3-5-25)17-23(16-22(35(41)42)10-11-37-12-14-44-15-13-37)32(31)21-6-8-28-30(18-21)46-36-34(28)40/h6-9,17-20,22,25,38H,2-5,10-16H2,1H3,(H,36,40)(H,41,42). The number of morpholine rings is 1. The first-order valence-electron chi connectivity index (χ1n) is 15.7. The van der Waals surface area contributed by atoms with E-state index in [1.165, 1.54) is 13.2 Å². The van der Waals surface area contributed by atoms with E-state index in [1.807, 2.05) is 0 Å². The van der Waals surface area contributed by atoms with Crippen LogP contribution in [0.5, 0.6) is 17.2 Å². The van der Waals surface area contributed by atoms with Crippen LogP contribution in [0.1, 0.15) is 53.6 Å². The van der Waals surface area contributed by atoms with Gasteiger partial charge in [0.15, 0.2) is 11.4 Å². The van der Waals surface area contributed by atoms with Crippen molar-refractivity contribution in [2.75, 3.05) is 40.0 Å². The number of ketones is 1. The molecule has 1 saturated heterocycles. The number of aromatic amines is 1. The molecule has 2 aliphatic rings. The van der Waals surface area contributed by atoms with Gasteiger partial charge in [-0.15, -0.1) is 0 Å². The van der Waals surface area contributed by atoms with Gasteiger partial charge in [0.2, 0.25) is 0 Å². The number of carbonyl (C=O) groups excluding carboxylic acids is 1. The second kappa shape index (κ2) is 13.8. The van der Waals surface area contributed by atoms with Gasteiger partial charge in [-0.05, 0) is 92.6 Å². The summed E-state index contributed by atoms with van der Waals surface area (Å²) in [6.45, 7) is 3.30. The van der Waals surface area contributed by atoms with Gasteiger partial charge in [-0.2, -0.15) is 5.16 Å². The molecule has 46 heavy (non-hydrogen) atoms. The Labute approximate surface area is 265 Å². The summed E-state index contributed by atoms with van der Waals surface area (Å²) in [7, 11) is 1.48. The summed E-state index contributed by atoms with van der Waals surface area (Å²) in [6.07, 6.45) is 4.75. The number of aliphatic carboxylic acids is 1. The Morgan fingerprint density at radius 1 is 1.07 bits per heavy atom. The minimum atomic E-state index is -0.947. The fraction of sp³-hybridized carbons (Fsp3) is 0.400. The highest BCUT2D eigenvalue weighted by molar-refractivity contribution is 6.11.